The van der Waals surface area contributed by atoms with Gasteiger partial charge in [-0.15, -0.1) is 0 Å². The smallest absolute Gasteiger partial charge is 0.177 e. The molecule has 0 fully saturated rings. The van der Waals surface area contributed by atoms with Crippen LogP contribution in [0.15, 0.2) is 30.7 Å². The third-order valence-electron chi connectivity index (χ3n) is 1.95. The first-order chi connectivity index (χ1) is 7.20. The zero-order valence-corrected chi connectivity index (χ0v) is 7.75. The van der Waals surface area contributed by atoms with E-state index in [0.29, 0.717) is 23.0 Å². The second-order valence-corrected chi connectivity index (χ2v) is 3.02. The van der Waals surface area contributed by atoms with E-state index in [1.54, 1.807) is 18.2 Å². The summed E-state index contributed by atoms with van der Waals surface area (Å²) >= 11 is 0. The summed E-state index contributed by atoms with van der Waals surface area (Å²) in [6, 6.07) is 5.11. The molecule has 5 heteroatoms. The standard InChI is InChI=1S/C10H9N3O2/c11-6-1-2-7-8(3-6)13-9(4-12-7)10(15)5-14/h1-5,14-15H,11H2. The number of aliphatic hydroxyl groups is 2. The van der Waals surface area contributed by atoms with Crippen LogP contribution in [0.3, 0.4) is 0 Å². The van der Waals surface area contributed by atoms with Gasteiger partial charge in [0.1, 0.15) is 12.0 Å². The van der Waals surface area contributed by atoms with Gasteiger partial charge in [-0.1, -0.05) is 0 Å². The first-order valence-corrected chi connectivity index (χ1v) is 4.26. The summed E-state index contributed by atoms with van der Waals surface area (Å²) in [6.45, 7) is 0. The lowest BCUT2D eigenvalue weighted by atomic mass is 10.2. The van der Waals surface area contributed by atoms with E-state index in [9.17, 15) is 5.11 Å². The number of nitrogen functional groups attached to an aromatic ring is 1. The van der Waals surface area contributed by atoms with Gasteiger partial charge in [0.25, 0.3) is 0 Å². The maximum absolute atomic E-state index is 9.24. The average molecular weight is 203 g/mol. The third kappa shape index (κ3) is 1.67. The first-order valence-electron chi connectivity index (χ1n) is 4.26. The van der Waals surface area contributed by atoms with Crippen molar-refractivity contribution in [3.63, 3.8) is 0 Å². The second-order valence-electron chi connectivity index (χ2n) is 3.02. The Morgan fingerprint density at radius 2 is 2.13 bits per heavy atom. The maximum Gasteiger partial charge on any atom is 0.177 e. The van der Waals surface area contributed by atoms with E-state index in [-0.39, 0.29) is 11.5 Å². The van der Waals surface area contributed by atoms with Crippen LogP contribution in [0.1, 0.15) is 5.69 Å². The fourth-order valence-corrected chi connectivity index (χ4v) is 1.22. The summed E-state index contributed by atoms with van der Waals surface area (Å²) in [4.78, 5) is 8.15. The largest absolute Gasteiger partial charge is 0.512 e. The lowest BCUT2D eigenvalue weighted by Crippen LogP contribution is -1.93. The molecule has 5 nitrogen and oxygen atoms in total. The molecule has 0 aliphatic carbocycles. The lowest BCUT2D eigenvalue weighted by Gasteiger charge is -2.01. The predicted molar refractivity (Wildman–Crippen MR) is 57.2 cm³/mol. The number of rotatable bonds is 1. The Balaban J connectivity index is 2.64. The van der Waals surface area contributed by atoms with E-state index < -0.39 is 0 Å². The Bertz CT molecular complexity index is 537. The molecule has 0 aliphatic heterocycles. The minimum absolute atomic E-state index is 0.204. The Morgan fingerprint density at radius 1 is 1.33 bits per heavy atom. The predicted octanol–water partition coefficient (Wildman–Crippen LogP) is 1.63. The molecule has 4 N–H and O–H groups in total. The summed E-state index contributed by atoms with van der Waals surface area (Å²) in [6.07, 6.45) is 1.95. The Hall–Kier alpha value is -2.30. The van der Waals surface area contributed by atoms with Crippen molar-refractivity contribution in [3.8, 4) is 0 Å². The summed E-state index contributed by atoms with van der Waals surface area (Å²) in [5.74, 6) is -0.327. The average Bonchev–Trinajstić information content (AvgIpc) is 2.27. The van der Waals surface area contributed by atoms with E-state index >= 15 is 0 Å². The van der Waals surface area contributed by atoms with Crippen LogP contribution in [-0.2, 0) is 0 Å². The fourth-order valence-electron chi connectivity index (χ4n) is 1.22. The Kier molecular flexibility index (Phi) is 2.13. The summed E-state index contributed by atoms with van der Waals surface area (Å²) in [5.41, 5.74) is 7.61. The van der Waals surface area contributed by atoms with Gasteiger partial charge in [-0.3, -0.25) is 4.98 Å². The molecule has 0 atom stereocenters. The van der Waals surface area contributed by atoms with Crippen molar-refractivity contribution in [3.05, 3.63) is 36.4 Å². The number of fused-ring (bicyclic) bond motifs is 1. The highest BCUT2D eigenvalue weighted by molar-refractivity contribution is 5.79. The zero-order chi connectivity index (χ0) is 10.8. The molecule has 1 aromatic carbocycles. The molecular weight excluding hydrogens is 194 g/mol. The molecule has 0 unspecified atom stereocenters. The number of aromatic nitrogens is 2. The van der Waals surface area contributed by atoms with E-state index in [2.05, 4.69) is 9.97 Å². The monoisotopic (exact) mass is 203 g/mol. The molecule has 76 valence electrons. The van der Waals surface area contributed by atoms with Crippen LogP contribution in [0.2, 0.25) is 0 Å². The molecule has 15 heavy (non-hydrogen) atoms. The summed E-state index contributed by atoms with van der Waals surface area (Å²) in [7, 11) is 0. The number of hydrogen-bond donors (Lipinski definition) is 3. The summed E-state index contributed by atoms with van der Waals surface area (Å²) in [5, 5.41) is 17.8. The zero-order valence-electron chi connectivity index (χ0n) is 7.75. The molecule has 2 aromatic rings. The fraction of sp³-hybridized carbons (Fsp3) is 0. The molecule has 0 spiro atoms. The topological polar surface area (TPSA) is 92.3 Å². The van der Waals surface area contributed by atoms with E-state index in [4.69, 9.17) is 10.8 Å². The van der Waals surface area contributed by atoms with Crippen molar-refractivity contribution >= 4 is 22.5 Å². The highest BCUT2D eigenvalue weighted by atomic mass is 16.3. The molecule has 0 bridgehead atoms. The van der Waals surface area contributed by atoms with Gasteiger partial charge in [-0.2, -0.15) is 0 Å². The maximum atomic E-state index is 9.24. The van der Waals surface area contributed by atoms with Crippen LogP contribution in [0.5, 0.6) is 0 Å². The highest BCUT2D eigenvalue weighted by Gasteiger charge is 2.03. The molecule has 1 heterocycles. The van der Waals surface area contributed by atoms with Crippen LogP contribution in [0.25, 0.3) is 16.8 Å². The van der Waals surface area contributed by atoms with Crippen LogP contribution >= 0.6 is 0 Å². The molecule has 0 amide bonds. The van der Waals surface area contributed by atoms with Gasteiger partial charge in [0.2, 0.25) is 0 Å². The third-order valence-corrected chi connectivity index (χ3v) is 1.95. The van der Waals surface area contributed by atoms with Gasteiger partial charge >= 0.3 is 0 Å². The molecule has 2 rings (SSSR count). The number of aliphatic hydroxyl groups excluding tert-OH is 2. The van der Waals surface area contributed by atoms with E-state index in [1.807, 2.05) is 0 Å². The Morgan fingerprint density at radius 3 is 2.87 bits per heavy atom. The van der Waals surface area contributed by atoms with Crippen LogP contribution in [-0.4, -0.2) is 20.2 Å². The number of benzene rings is 1. The van der Waals surface area contributed by atoms with Crippen LogP contribution < -0.4 is 5.73 Å². The van der Waals surface area contributed by atoms with Crippen LogP contribution in [0, 0.1) is 0 Å². The quantitative estimate of drug-likeness (QED) is 0.484. The SMILES string of the molecule is Nc1ccc2ncc(C(O)=CO)nc2c1. The van der Waals surface area contributed by atoms with Gasteiger partial charge in [0.05, 0.1) is 17.2 Å². The summed E-state index contributed by atoms with van der Waals surface area (Å²) < 4.78 is 0. The number of anilines is 1. The highest BCUT2D eigenvalue weighted by Crippen LogP contribution is 2.15. The second kappa shape index (κ2) is 3.45. The lowest BCUT2D eigenvalue weighted by molar-refractivity contribution is 0.430. The molecule has 0 saturated heterocycles. The van der Waals surface area contributed by atoms with Crippen molar-refractivity contribution in [1.82, 2.24) is 9.97 Å². The first kappa shape index (κ1) is 9.26. The van der Waals surface area contributed by atoms with Gasteiger partial charge < -0.3 is 15.9 Å². The van der Waals surface area contributed by atoms with Crippen molar-refractivity contribution in [2.24, 2.45) is 0 Å². The number of nitrogens with zero attached hydrogens (tertiary/aromatic N) is 2. The minimum Gasteiger partial charge on any atom is -0.512 e. The van der Waals surface area contributed by atoms with E-state index in [1.165, 1.54) is 6.20 Å². The molecular formula is C10H9N3O2. The van der Waals surface area contributed by atoms with E-state index in [0.717, 1.165) is 0 Å². The van der Waals surface area contributed by atoms with Gasteiger partial charge in [0, 0.05) is 5.69 Å². The molecule has 1 aromatic heterocycles. The van der Waals surface area contributed by atoms with Crippen LogP contribution in [0.4, 0.5) is 5.69 Å². The van der Waals surface area contributed by atoms with Crippen molar-refractivity contribution in [2.45, 2.75) is 0 Å². The van der Waals surface area contributed by atoms with Crippen molar-refractivity contribution in [1.29, 1.82) is 0 Å². The minimum atomic E-state index is -0.327. The van der Waals surface area contributed by atoms with Gasteiger partial charge in [-0.05, 0) is 18.2 Å². The molecule has 0 aliphatic rings. The Labute approximate surface area is 85.5 Å². The number of hydrogen-bond acceptors (Lipinski definition) is 5. The van der Waals surface area contributed by atoms with Gasteiger partial charge in [-0.25, -0.2) is 4.98 Å². The molecule has 0 saturated carbocycles. The van der Waals surface area contributed by atoms with Crippen molar-refractivity contribution in [2.75, 3.05) is 5.73 Å². The molecule has 0 radical (unpaired) electrons. The normalized spacial score (nSPS) is 11.9. The number of nitrogens with two attached hydrogens (primary N) is 1. The van der Waals surface area contributed by atoms with Gasteiger partial charge in [0.15, 0.2) is 5.76 Å². The van der Waals surface area contributed by atoms with Crippen molar-refractivity contribution < 1.29 is 10.2 Å².